The van der Waals surface area contributed by atoms with Crippen molar-refractivity contribution >= 4 is 10.1 Å². The van der Waals surface area contributed by atoms with Gasteiger partial charge < -0.3 is 10.6 Å². The molecule has 0 amide bonds. The highest BCUT2D eigenvalue weighted by atomic mass is 32.2. The zero-order valence-corrected chi connectivity index (χ0v) is 16.7. The van der Waals surface area contributed by atoms with Crippen LogP contribution in [0.2, 0.25) is 0 Å². The molecule has 152 valence electrons. The molecule has 1 aromatic carbocycles. The molecule has 7 nitrogen and oxygen atoms in total. The van der Waals surface area contributed by atoms with Crippen molar-refractivity contribution in [3.05, 3.63) is 95.6 Å². The van der Waals surface area contributed by atoms with Crippen LogP contribution in [0.4, 0.5) is 0 Å². The van der Waals surface area contributed by atoms with E-state index < -0.39 is 10.1 Å². The third-order valence-corrected chi connectivity index (χ3v) is 5.02. The fourth-order valence-corrected chi connectivity index (χ4v) is 3.57. The van der Waals surface area contributed by atoms with Crippen LogP contribution in [0.1, 0.15) is 28.6 Å². The lowest BCUT2D eigenvalue weighted by molar-refractivity contribution is 0.482. The summed E-state index contributed by atoms with van der Waals surface area (Å²) in [6, 6.07) is 18.7. The fraction of sp³-hybridized carbons (Fsp3) is 0.238. The first-order valence-electron chi connectivity index (χ1n) is 9.30. The van der Waals surface area contributed by atoms with Crippen molar-refractivity contribution in [1.29, 1.82) is 0 Å². The summed E-state index contributed by atoms with van der Waals surface area (Å²) in [5, 5.41) is 6.85. The first-order chi connectivity index (χ1) is 14.0. The first kappa shape index (κ1) is 21.1. The molecule has 29 heavy (non-hydrogen) atoms. The average Bonchev–Trinajstić information content (AvgIpc) is 2.72. The monoisotopic (exact) mass is 412 g/mol. The molecule has 2 heterocycles. The van der Waals surface area contributed by atoms with E-state index in [1.807, 2.05) is 48.5 Å². The van der Waals surface area contributed by atoms with E-state index in [1.165, 1.54) is 0 Å². The summed E-state index contributed by atoms with van der Waals surface area (Å²) < 4.78 is 30.7. The van der Waals surface area contributed by atoms with Gasteiger partial charge in [0.1, 0.15) is 5.75 Å². The molecule has 0 bridgehead atoms. The van der Waals surface area contributed by atoms with E-state index in [9.17, 15) is 8.42 Å². The fourth-order valence-electron chi connectivity index (χ4n) is 2.96. The second-order valence-corrected chi connectivity index (χ2v) is 8.07. The Labute approximate surface area is 171 Å². The Morgan fingerprint density at radius 2 is 1.41 bits per heavy atom. The summed E-state index contributed by atoms with van der Waals surface area (Å²) in [5.41, 5.74) is 3.43. The van der Waals surface area contributed by atoms with Crippen molar-refractivity contribution in [2.24, 2.45) is 0 Å². The highest BCUT2D eigenvalue weighted by Crippen LogP contribution is 2.17. The second-order valence-electron chi connectivity index (χ2n) is 6.62. The molecule has 8 heteroatoms. The van der Waals surface area contributed by atoms with Gasteiger partial charge in [-0.1, -0.05) is 36.4 Å². The predicted molar refractivity (Wildman–Crippen MR) is 112 cm³/mol. The minimum atomic E-state index is -4.00. The van der Waals surface area contributed by atoms with E-state index in [4.69, 9.17) is 4.55 Å². The molecule has 0 saturated heterocycles. The van der Waals surface area contributed by atoms with E-state index in [1.54, 1.807) is 24.5 Å². The van der Waals surface area contributed by atoms with E-state index in [0.717, 1.165) is 30.0 Å². The average molecular weight is 413 g/mol. The number of rotatable bonds is 10. The number of hydrogen-bond donors (Lipinski definition) is 3. The van der Waals surface area contributed by atoms with Crippen molar-refractivity contribution < 1.29 is 13.0 Å². The third-order valence-electron chi connectivity index (χ3n) is 4.32. The van der Waals surface area contributed by atoms with Crippen LogP contribution in [-0.2, 0) is 22.4 Å². The molecule has 3 rings (SSSR count). The van der Waals surface area contributed by atoms with Gasteiger partial charge in [-0.3, -0.25) is 14.5 Å². The summed E-state index contributed by atoms with van der Waals surface area (Å²) in [6.07, 6.45) is 3.55. The molecule has 0 fully saturated rings. The van der Waals surface area contributed by atoms with Crippen LogP contribution in [0.25, 0.3) is 0 Å². The van der Waals surface area contributed by atoms with Gasteiger partial charge in [0.25, 0.3) is 10.1 Å². The molecule has 3 aromatic rings. The van der Waals surface area contributed by atoms with E-state index in [-0.39, 0.29) is 11.8 Å². The summed E-state index contributed by atoms with van der Waals surface area (Å²) in [5.74, 6) is -0.368. The molecule has 2 aromatic heterocycles. The lowest BCUT2D eigenvalue weighted by atomic mass is 10.1. The lowest BCUT2D eigenvalue weighted by Crippen LogP contribution is -2.31. The molecule has 0 spiro atoms. The SMILES string of the molecule is O=S(=O)(O)Cc1ccc(CNCCNC(c2ccccn2)c2ccccn2)cc1. The molecule has 0 saturated carbocycles. The van der Waals surface area contributed by atoms with Gasteiger partial charge >= 0.3 is 0 Å². The normalized spacial score (nSPS) is 11.7. The van der Waals surface area contributed by atoms with E-state index >= 15 is 0 Å². The highest BCUT2D eigenvalue weighted by molar-refractivity contribution is 7.85. The van der Waals surface area contributed by atoms with E-state index in [2.05, 4.69) is 20.6 Å². The van der Waals surface area contributed by atoms with Crippen LogP contribution in [0.15, 0.2) is 73.1 Å². The van der Waals surface area contributed by atoms with Crippen LogP contribution in [-0.4, -0.2) is 36.0 Å². The maximum absolute atomic E-state index is 10.9. The summed E-state index contributed by atoms with van der Waals surface area (Å²) in [7, 11) is -4.00. The van der Waals surface area contributed by atoms with Crippen LogP contribution in [0.3, 0.4) is 0 Å². The van der Waals surface area contributed by atoms with Crippen molar-refractivity contribution in [3.8, 4) is 0 Å². The molecule has 0 radical (unpaired) electrons. The standard InChI is InChI=1S/C21H24N4O3S/c26-29(27,28)16-18-9-7-17(8-10-18)15-22-13-14-25-21(19-5-1-3-11-23-19)20-6-2-4-12-24-20/h1-12,21-22,25H,13-16H2,(H,26,27,28). The molecule has 3 N–H and O–H groups in total. The molecule has 0 atom stereocenters. The van der Waals surface area contributed by atoms with Crippen LogP contribution >= 0.6 is 0 Å². The van der Waals surface area contributed by atoms with Gasteiger partial charge in [-0.15, -0.1) is 0 Å². The highest BCUT2D eigenvalue weighted by Gasteiger charge is 2.15. The predicted octanol–water partition coefficient (Wildman–Crippen LogP) is 2.33. The molecule has 0 aliphatic heterocycles. The topological polar surface area (TPSA) is 104 Å². The van der Waals surface area contributed by atoms with Gasteiger partial charge in [0.2, 0.25) is 0 Å². The minimum absolute atomic E-state index is 0.0843. The van der Waals surface area contributed by atoms with Gasteiger partial charge in [-0.2, -0.15) is 8.42 Å². The Kier molecular flexibility index (Phi) is 7.42. The lowest BCUT2D eigenvalue weighted by Gasteiger charge is -2.18. The maximum atomic E-state index is 10.9. The molecule has 0 aliphatic rings. The number of benzene rings is 1. The molecule has 0 unspecified atom stereocenters. The zero-order chi connectivity index (χ0) is 20.5. The number of nitrogens with one attached hydrogen (secondary N) is 2. The van der Waals surface area contributed by atoms with Gasteiger partial charge in [0.15, 0.2) is 0 Å². The smallest absolute Gasteiger partial charge is 0.269 e. The Balaban J connectivity index is 1.49. The summed E-state index contributed by atoms with van der Waals surface area (Å²) in [4.78, 5) is 8.90. The third kappa shape index (κ3) is 7.03. The first-order valence-corrected chi connectivity index (χ1v) is 10.9. The number of hydrogen-bond acceptors (Lipinski definition) is 6. The summed E-state index contributed by atoms with van der Waals surface area (Å²) >= 11 is 0. The van der Waals surface area contributed by atoms with Crippen LogP contribution in [0.5, 0.6) is 0 Å². The molecular weight excluding hydrogens is 388 g/mol. The Hall–Kier alpha value is -2.65. The van der Waals surface area contributed by atoms with Crippen LogP contribution in [0, 0.1) is 0 Å². The molecular formula is C21H24N4O3S. The van der Waals surface area contributed by atoms with Crippen molar-refractivity contribution in [2.45, 2.75) is 18.3 Å². The minimum Gasteiger partial charge on any atom is -0.311 e. The van der Waals surface area contributed by atoms with Crippen molar-refractivity contribution in [2.75, 3.05) is 13.1 Å². The number of pyridine rings is 2. The van der Waals surface area contributed by atoms with Crippen LogP contribution < -0.4 is 10.6 Å². The Morgan fingerprint density at radius 3 is 1.93 bits per heavy atom. The Bertz CT molecular complexity index is 942. The van der Waals surface area contributed by atoms with Gasteiger partial charge in [0, 0.05) is 32.0 Å². The largest absolute Gasteiger partial charge is 0.311 e. The number of nitrogens with zero attached hydrogens (tertiary/aromatic N) is 2. The Morgan fingerprint density at radius 1 is 0.828 bits per heavy atom. The quantitative estimate of drug-likeness (QED) is 0.347. The maximum Gasteiger partial charge on any atom is 0.269 e. The van der Waals surface area contributed by atoms with Gasteiger partial charge in [-0.05, 0) is 35.4 Å². The zero-order valence-electron chi connectivity index (χ0n) is 15.9. The van der Waals surface area contributed by atoms with Crippen molar-refractivity contribution in [1.82, 2.24) is 20.6 Å². The number of aromatic nitrogens is 2. The van der Waals surface area contributed by atoms with Gasteiger partial charge in [0.05, 0.1) is 17.4 Å². The second kappa shape index (κ2) is 10.2. The van der Waals surface area contributed by atoms with Gasteiger partial charge in [-0.25, -0.2) is 0 Å². The van der Waals surface area contributed by atoms with E-state index in [0.29, 0.717) is 12.1 Å². The summed E-state index contributed by atoms with van der Waals surface area (Å²) in [6.45, 7) is 2.12. The molecule has 0 aliphatic carbocycles. The van der Waals surface area contributed by atoms with Crippen molar-refractivity contribution in [3.63, 3.8) is 0 Å².